The Morgan fingerprint density at radius 1 is 1.12 bits per heavy atom. The number of benzene rings is 1. The molecular formula is C18H26ClN5O2. The third-order valence-electron chi connectivity index (χ3n) is 5.31. The van der Waals surface area contributed by atoms with Crippen molar-refractivity contribution in [3.63, 3.8) is 0 Å². The molecule has 26 heavy (non-hydrogen) atoms. The van der Waals surface area contributed by atoms with Gasteiger partial charge in [0.25, 0.3) is 0 Å². The van der Waals surface area contributed by atoms with Crippen LogP contribution in [0, 0.1) is 5.41 Å². The molecule has 1 aromatic carbocycles. The molecule has 0 radical (unpaired) electrons. The standard InChI is InChI=1S/C18H26ClN5O2/c19-14-1-3-15(4-2-14)23-7-9-24(10-8-23)17(21)22-13-18(16(20)25)5-11-26-12-6-18/h1-4H,5-13H2,(H2,20,25)(H2,21,22). The molecule has 0 aliphatic carbocycles. The molecule has 2 aliphatic rings. The Kier molecular flexibility index (Phi) is 5.88. The van der Waals surface area contributed by atoms with Crippen LogP contribution in [0.2, 0.25) is 5.02 Å². The summed E-state index contributed by atoms with van der Waals surface area (Å²) in [6.07, 6.45) is 1.20. The molecule has 0 aromatic heterocycles. The third kappa shape index (κ3) is 4.22. The average molecular weight is 380 g/mol. The van der Waals surface area contributed by atoms with Gasteiger partial charge in [-0.1, -0.05) is 11.6 Å². The summed E-state index contributed by atoms with van der Waals surface area (Å²) in [6, 6.07) is 7.85. The molecule has 142 valence electrons. The number of hydrogen-bond donors (Lipinski definition) is 2. The number of nitrogens with two attached hydrogens (primary N) is 2. The molecule has 2 saturated heterocycles. The summed E-state index contributed by atoms with van der Waals surface area (Å²) in [5.74, 6) is 0.165. The van der Waals surface area contributed by atoms with E-state index in [1.54, 1.807) is 0 Å². The predicted octanol–water partition coefficient (Wildman–Crippen LogP) is 1.06. The first kappa shape index (κ1) is 18.8. The molecule has 2 aliphatic heterocycles. The molecule has 0 atom stereocenters. The largest absolute Gasteiger partial charge is 0.381 e. The van der Waals surface area contributed by atoms with Crippen molar-refractivity contribution in [2.45, 2.75) is 12.8 Å². The lowest BCUT2D eigenvalue weighted by Crippen LogP contribution is -2.52. The topological polar surface area (TPSA) is 97.2 Å². The molecule has 0 unspecified atom stereocenters. The normalized spacial score (nSPS) is 20.9. The molecule has 2 heterocycles. The predicted molar refractivity (Wildman–Crippen MR) is 103 cm³/mol. The number of guanidine groups is 1. The molecule has 2 fully saturated rings. The van der Waals surface area contributed by atoms with E-state index in [9.17, 15) is 4.79 Å². The van der Waals surface area contributed by atoms with Gasteiger partial charge in [-0.3, -0.25) is 9.79 Å². The average Bonchev–Trinajstić information content (AvgIpc) is 2.67. The summed E-state index contributed by atoms with van der Waals surface area (Å²) in [6.45, 7) is 4.68. The zero-order valence-electron chi connectivity index (χ0n) is 14.9. The van der Waals surface area contributed by atoms with E-state index < -0.39 is 5.41 Å². The van der Waals surface area contributed by atoms with E-state index in [-0.39, 0.29) is 5.91 Å². The fraction of sp³-hybridized carbons (Fsp3) is 0.556. The van der Waals surface area contributed by atoms with Crippen LogP contribution in [0.3, 0.4) is 0 Å². The number of hydrogen-bond acceptors (Lipinski definition) is 4. The van der Waals surface area contributed by atoms with Crippen molar-refractivity contribution in [1.29, 1.82) is 0 Å². The number of rotatable bonds is 4. The Morgan fingerprint density at radius 3 is 2.31 bits per heavy atom. The molecule has 1 amide bonds. The maximum Gasteiger partial charge on any atom is 0.225 e. The van der Waals surface area contributed by atoms with E-state index in [0.29, 0.717) is 38.6 Å². The molecule has 0 saturated carbocycles. The smallest absolute Gasteiger partial charge is 0.225 e. The van der Waals surface area contributed by atoms with Gasteiger partial charge >= 0.3 is 0 Å². The van der Waals surface area contributed by atoms with Crippen LogP contribution < -0.4 is 16.4 Å². The molecule has 3 rings (SSSR count). The summed E-state index contributed by atoms with van der Waals surface area (Å²) in [5.41, 5.74) is 12.3. The first-order valence-electron chi connectivity index (χ1n) is 8.93. The zero-order valence-corrected chi connectivity index (χ0v) is 15.6. The molecule has 0 spiro atoms. The summed E-state index contributed by atoms with van der Waals surface area (Å²) in [7, 11) is 0. The minimum Gasteiger partial charge on any atom is -0.381 e. The lowest BCUT2D eigenvalue weighted by Gasteiger charge is -2.37. The Bertz CT molecular complexity index is 650. The van der Waals surface area contributed by atoms with Gasteiger partial charge in [-0.15, -0.1) is 0 Å². The van der Waals surface area contributed by atoms with Crippen molar-refractivity contribution in [2.24, 2.45) is 21.9 Å². The number of anilines is 1. The molecule has 1 aromatic rings. The highest BCUT2D eigenvalue weighted by Crippen LogP contribution is 2.30. The maximum atomic E-state index is 11.9. The number of halogens is 1. The van der Waals surface area contributed by atoms with Crippen LogP contribution in [0.5, 0.6) is 0 Å². The second kappa shape index (κ2) is 8.14. The monoisotopic (exact) mass is 379 g/mol. The van der Waals surface area contributed by atoms with Gasteiger partial charge in [-0.25, -0.2) is 0 Å². The first-order valence-corrected chi connectivity index (χ1v) is 9.31. The van der Waals surface area contributed by atoms with Crippen molar-refractivity contribution in [1.82, 2.24) is 4.90 Å². The van der Waals surface area contributed by atoms with Gasteiger partial charge in [0.2, 0.25) is 5.91 Å². The van der Waals surface area contributed by atoms with Crippen molar-refractivity contribution < 1.29 is 9.53 Å². The molecule has 7 nitrogen and oxygen atoms in total. The van der Waals surface area contributed by atoms with Gasteiger partial charge < -0.3 is 26.0 Å². The van der Waals surface area contributed by atoms with Crippen LogP contribution in [-0.4, -0.2) is 62.7 Å². The Labute approximate surface area is 158 Å². The fourth-order valence-electron chi connectivity index (χ4n) is 3.42. The second-order valence-electron chi connectivity index (χ2n) is 6.88. The number of aliphatic imine (C=N–C) groups is 1. The highest BCUT2D eigenvalue weighted by atomic mass is 35.5. The molecule has 0 bridgehead atoms. The van der Waals surface area contributed by atoms with Gasteiger partial charge in [0.05, 0.1) is 12.0 Å². The Balaban J connectivity index is 1.57. The highest BCUT2D eigenvalue weighted by Gasteiger charge is 2.38. The van der Waals surface area contributed by atoms with Crippen molar-refractivity contribution in [2.75, 3.05) is 50.8 Å². The second-order valence-corrected chi connectivity index (χ2v) is 7.32. The summed E-state index contributed by atoms with van der Waals surface area (Å²) >= 11 is 5.95. The zero-order chi connectivity index (χ0) is 18.6. The number of carbonyl (C=O) groups excluding carboxylic acids is 1. The van der Waals surface area contributed by atoms with Crippen LogP contribution in [0.1, 0.15) is 12.8 Å². The van der Waals surface area contributed by atoms with Gasteiger partial charge in [0.15, 0.2) is 5.96 Å². The van der Waals surface area contributed by atoms with Crippen LogP contribution >= 0.6 is 11.6 Å². The van der Waals surface area contributed by atoms with Gasteiger partial charge in [0, 0.05) is 50.1 Å². The highest BCUT2D eigenvalue weighted by molar-refractivity contribution is 6.30. The van der Waals surface area contributed by atoms with Crippen LogP contribution in [0.25, 0.3) is 0 Å². The molecular weight excluding hydrogens is 354 g/mol. The summed E-state index contributed by atoms with van der Waals surface area (Å²) in [4.78, 5) is 20.8. The number of carbonyl (C=O) groups is 1. The first-order chi connectivity index (χ1) is 12.5. The minimum atomic E-state index is -0.631. The van der Waals surface area contributed by atoms with E-state index in [4.69, 9.17) is 27.8 Å². The number of nitrogens with zero attached hydrogens (tertiary/aromatic N) is 3. The maximum absolute atomic E-state index is 11.9. The van der Waals surface area contributed by atoms with E-state index in [1.807, 2.05) is 24.3 Å². The lowest BCUT2D eigenvalue weighted by atomic mass is 9.79. The van der Waals surface area contributed by atoms with Crippen LogP contribution in [0.4, 0.5) is 5.69 Å². The van der Waals surface area contributed by atoms with E-state index in [0.717, 1.165) is 36.9 Å². The number of piperazine rings is 1. The van der Waals surface area contributed by atoms with E-state index in [2.05, 4.69) is 14.8 Å². The Hall–Kier alpha value is -1.99. The van der Waals surface area contributed by atoms with Crippen molar-refractivity contribution >= 4 is 29.2 Å². The number of primary amides is 1. The van der Waals surface area contributed by atoms with Gasteiger partial charge in [-0.05, 0) is 37.1 Å². The third-order valence-corrected chi connectivity index (χ3v) is 5.56. The Morgan fingerprint density at radius 2 is 1.73 bits per heavy atom. The van der Waals surface area contributed by atoms with Gasteiger partial charge in [0.1, 0.15) is 0 Å². The van der Waals surface area contributed by atoms with Gasteiger partial charge in [-0.2, -0.15) is 0 Å². The number of amides is 1. The van der Waals surface area contributed by atoms with E-state index >= 15 is 0 Å². The summed E-state index contributed by atoms with van der Waals surface area (Å²) in [5, 5.41) is 0.736. The van der Waals surface area contributed by atoms with Crippen LogP contribution in [-0.2, 0) is 9.53 Å². The summed E-state index contributed by atoms with van der Waals surface area (Å²) < 4.78 is 5.35. The van der Waals surface area contributed by atoms with E-state index in [1.165, 1.54) is 0 Å². The van der Waals surface area contributed by atoms with Crippen molar-refractivity contribution in [3.05, 3.63) is 29.3 Å². The minimum absolute atomic E-state index is 0.315. The molecule has 4 N–H and O–H groups in total. The van der Waals surface area contributed by atoms with Crippen molar-refractivity contribution in [3.8, 4) is 0 Å². The number of ether oxygens (including phenoxy) is 1. The molecule has 8 heteroatoms. The SMILES string of the molecule is NC(=O)C1(CN=C(N)N2CCN(c3ccc(Cl)cc3)CC2)CCOCC1. The fourth-order valence-corrected chi connectivity index (χ4v) is 3.55. The van der Waals surface area contributed by atoms with Crippen LogP contribution in [0.15, 0.2) is 29.3 Å². The lowest BCUT2D eigenvalue weighted by molar-refractivity contribution is -0.132. The quantitative estimate of drug-likeness (QED) is 0.602.